The van der Waals surface area contributed by atoms with Crippen LogP contribution in [0.1, 0.15) is 32.3 Å². The van der Waals surface area contributed by atoms with Crippen LogP contribution in [0.15, 0.2) is 33.6 Å². The van der Waals surface area contributed by atoms with Crippen molar-refractivity contribution >= 4 is 15.9 Å². The average molecular weight is 307 g/mol. The van der Waals surface area contributed by atoms with Gasteiger partial charge in [-0.15, -0.1) is 4.40 Å². The summed E-state index contributed by atoms with van der Waals surface area (Å²) in [5, 5.41) is 3.46. The molecule has 1 fully saturated rings. The van der Waals surface area contributed by atoms with E-state index >= 15 is 0 Å². The van der Waals surface area contributed by atoms with Crippen molar-refractivity contribution in [3.8, 4) is 0 Å². The predicted octanol–water partition coefficient (Wildman–Crippen LogP) is 1.60. The van der Waals surface area contributed by atoms with Gasteiger partial charge in [-0.3, -0.25) is 0 Å². The molecule has 1 atom stereocenters. The number of rotatable bonds is 3. The molecule has 6 heteroatoms. The second-order valence-corrected chi connectivity index (χ2v) is 7.50. The number of benzene rings is 1. The molecule has 0 radical (unpaired) electrons. The lowest BCUT2D eigenvalue weighted by Gasteiger charge is -2.31. The molecule has 0 aliphatic carbocycles. The van der Waals surface area contributed by atoms with Crippen LogP contribution in [0, 0.1) is 0 Å². The van der Waals surface area contributed by atoms with Crippen LogP contribution in [-0.4, -0.2) is 44.3 Å². The first-order valence-corrected chi connectivity index (χ1v) is 8.87. The highest BCUT2D eigenvalue weighted by Gasteiger charge is 2.33. The molecule has 1 unspecified atom stereocenters. The molecule has 5 nitrogen and oxygen atoms in total. The van der Waals surface area contributed by atoms with Gasteiger partial charge in [-0.25, -0.2) is 0 Å². The molecule has 2 aliphatic heterocycles. The number of nitrogens with zero attached hydrogens (tertiary/aromatic N) is 2. The van der Waals surface area contributed by atoms with Crippen molar-refractivity contribution in [2.24, 2.45) is 4.40 Å². The third kappa shape index (κ3) is 2.70. The molecule has 21 heavy (non-hydrogen) atoms. The minimum Gasteiger partial charge on any atom is -0.351 e. The highest BCUT2D eigenvalue weighted by Crippen LogP contribution is 2.28. The van der Waals surface area contributed by atoms with Crippen molar-refractivity contribution in [1.82, 2.24) is 10.2 Å². The van der Waals surface area contributed by atoms with Crippen molar-refractivity contribution in [1.29, 1.82) is 0 Å². The lowest BCUT2D eigenvalue weighted by Crippen LogP contribution is -2.44. The van der Waals surface area contributed by atoms with Crippen LogP contribution >= 0.6 is 0 Å². The predicted molar refractivity (Wildman–Crippen MR) is 83.0 cm³/mol. The zero-order valence-corrected chi connectivity index (χ0v) is 13.2. The first-order valence-electron chi connectivity index (χ1n) is 7.43. The van der Waals surface area contributed by atoms with E-state index < -0.39 is 10.0 Å². The van der Waals surface area contributed by atoms with Gasteiger partial charge in [0.1, 0.15) is 4.90 Å². The Morgan fingerprint density at radius 3 is 2.81 bits per heavy atom. The smallest absolute Gasteiger partial charge is 0.285 e. The Kier molecular flexibility index (Phi) is 3.75. The lowest BCUT2D eigenvalue weighted by atomic mass is 10.1. The van der Waals surface area contributed by atoms with E-state index in [1.807, 2.05) is 12.1 Å². The standard InChI is InChI=1S/C15H21N3O2S/c1-11(2)18(10-12-6-5-9-16-12)15-13-7-3-4-8-14(13)21(19,20)17-15/h3-4,7-8,11-12,16H,5-6,9-10H2,1-2H3. The number of fused-ring (bicyclic) bond motifs is 1. The Hall–Kier alpha value is -1.40. The second kappa shape index (κ2) is 5.42. The second-order valence-electron chi connectivity index (χ2n) is 5.93. The summed E-state index contributed by atoms with van der Waals surface area (Å²) in [5.74, 6) is 0.592. The van der Waals surface area contributed by atoms with Gasteiger partial charge in [0.05, 0.1) is 0 Å². The minimum atomic E-state index is -3.54. The fourth-order valence-corrected chi connectivity index (χ4v) is 4.20. The van der Waals surface area contributed by atoms with E-state index in [9.17, 15) is 8.42 Å². The first kappa shape index (κ1) is 14.5. The van der Waals surface area contributed by atoms with E-state index in [1.165, 1.54) is 6.42 Å². The van der Waals surface area contributed by atoms with Gasteiger partial charge >= 0.3 is 0 Å². The van der Waals surface area contributed by atoms with Crippen molar-refractivity contribution in [3.63, 3.8) is 0 Å². The number of sulfonamides is 1. The van der Waals surface area contributed by atoms with Crippen LogP contribution in [0.25, 0.3) is 0 Å². The summed E-state index contributed by atoms with van der Waals surface area (Å²) >= 11 is 0. The molecule has 0 bridgehead atoms. The largest absolute Gasteiger partial charge is 0.351 e. The average Bonchev–Trinajstić information content (AvgIpc) is 3.03. The number of amidine groups is 1. The molecule has 2 heterocycles. The van der Waals surface area contributed by atoms with Gasteiger partial charge in [0.25, 0.3) is 10.0 Å². The monoisotopic (exact) mass is 307 g/mol. The van der Waals surface area contributed by atoms with Crippen LogP contribution in [0.2, 0.25) is 0 Å². The number of hydrogen-bond acceptors (Lipinski definition) is 4. The maximum atomic E-state index is 12.2. The third-order valence-electron chi connectivity index (χ3n) is 4.09. The van der Waals surface area contributed by atoms with Crippen molar-refractivity contribution in [3.05, 3.63) is 29.8 Å². The Morgan fingerprint density at radius 1 is 1.38 bits per heavy atom. The summed E-state index contributed by atoms with van der Waals surface area (Å²) in [5.41, 5.74) is 0.726. The molecule has 1 saturated heterocycles. The van der Waals surface area contributed by atoms with Gasteiger partial charge in [-0.1, -0.05) is 12.1 Å². The SMILES string of the molecule is CC(C)N(CC1CCCN1)C1=NS(=O)(=O)c2ccccc21. The molecule has 3 rings (SSSR count). The highest BCUT2D eigenvalue weighted by molar-refractivity contribution is 7.90. The minimum absolute atomic E-state index is 0.201. The number of hydrogen-bond donors (Lipinski definition) is 1. The Morgan fingerprint density at radius 2 is 2.14 bits per heavy atom. The molecule has 0 amide bonds. The quantitative estimate of drug-likeness (QED) is 0.921. The van der Waals surface area contributed by atoms with Crippen LogP contribution in [-0.2, 0) is 10.0 Å². The zero-order valence-electron chi connectivity index (χ0n) is 12.4. The van der Waals surface area contributed by atoms with Gasteiger partial charge in [-0.05, 0) is 45.4 Å². The van der Waals surface area contributed by atoms with E-state index in [-0.39, 0.29) is 6.04 Å². The maximum Gasteiger partial charge on any atom is 0.285 e. The molecule has 0 saturated carbocycles. The first-order chi connectivity index (χ1) is 9.99. The summed E-state index contributed by atoms with van der Waals surface area (Å²) in [6, 6.07) is 7.69. The van der Waals surface area contributed by atoms with Gasteiger partial charge in [-0.2, -0.15) is 8.42 Å². The fourth-order valence-electron chi connectivity index (χ4n) is 2.99. The molecule has 1 N–H and O–H groups in total. The summed E-state index contributed by atoms with van der Waals surface area (Å²) in [6.07, 6.45) is 2.31. The maximum absolute atomic E-state index is 12.2. The van der Waals surface area contributed by atoms with Crippen molar-refractivity contribution < 1.29 is 8.42 Å². The van der Waals surface area contributed by atoms with E-state index in [1.54, 1.807) is 12.1 Å². The molecule has 1 aromatic rings. The van der Waals surface area contributed by atoms with Crippen LogP contribution < -0.4 is 5.32 Å². The van der Waals surface area contributed by atoms with Crippen molar-refractivity contribution in [2.75, 3.05) is 13.1 Å². The van der Waals surface area contributed by atoms with E-state index in [4.69, 9.17) is 0 Å². The highest BCUT2D eigenvalue weighted by atomic mass is 32.2. The normalized spacial score (nSPS) is 23.2. The molecule has 1 aromatic carbocycles. The Labute approximate surface area is 126 Å². The fraction of sp³-hybridized carbons (Fsp3) is 0.533. The van der Waals surface area contributed by atoms with E-state index in [2.05, 4.69) is 28.5 Å². The van der Waals surface area contributed by atoms with E-state index in [0.717, 1.165) is 25.1 Å². The molecular formula is C15H21N3O2S. The van der Waals surface area contributed by atoms with E-state index in [0.29, 0.717) is 16.8 Å². The van der Waals surface area contributed by atoms with Crippen molar-refractivity contribution in [2.45, 2.75) is 43.7 Å². The summed E-state index contributed by atoms with van der Waals surface area (Å²) in [4.78, 5) is 2.43. The third-order valence-corrected chi connectivity index (χ3v) is 5.41. The van der Waals surface area contributed by atoms with Gasteiger partial charge in [0.2, 0.25) is 0 Å². The van der Waals surface area contributed by atoms with Crippen LogP contribution in [0.4, 0.5) is 0 Å². The lowest BCUT2D eigenvalue weighted by molar-refractivity contribution is 0.316. The van der Waals surface area contributed by atoms with Gasteiger partial charge in [0, 0.05) is 24.2 Å². The Balaban J connectivity index is 1.96. The summed E-state index contributed by atoms with van der Waals surface area (Å²) in [6.45, 7) is 5.98. The summed E-state index contributed by atoms with van der Waals surface area (Å²) < 4.78 is 28.4. The van der Waals surface area contributed by atoms with Crippen LogP contribution in [0.3, 0.4) is 0 Å². The molecule has 0 spiro atoms. The van der Waals surface area contributed by atoms with Gasteiger partial charge in [0.15, 0.2) is 5.84 Å². The molecular weight excluding hydrogens is 286 g/mol. The molecule has 0 aromatic heterocycles. The van der Waals surface area contributed by atoms with Crippen LogP contribution in [0.5, 0.6) is 0 Å². The summed E-state index contributed by atoms with van der Waals surface area (Å²) in [7, 11) is -3.54. The zero-order chi connectivity index (χ0) is 15.0. The van der Waals surface area contributed by atoms with Gasteiger partial charge < -0.3 is 10.2 Å². The molecule has 114 valence electrons. The number of nitrogens with one attached hydrogen (secondary N) is 1. The molecule has 2 aliphatic rings. The Bertz CT molecular complexity index is 661. The topological polar surface area (TPSA) is 61.8 Å².